The molecule has 6 heterocycles. The maximum atomic E-state index is 12.5. The average molecular weight is 711 g/mol. The van der Waals surface area contributed by atoms with E-state index in [2.05, 4.69) is 77.5 Å². The highest BCUT2D eigenvalue weighted by molar-refractivity contribution is 5.98. The zero-order valence-electron chi connectivity index (χ0n) is 31.0. The lowest BCUT2D eigenvalue weighted by Crippen LogP contribution is -2.55. The van der Waals surface area contributed by atoms with Gasteiger partial charge < -0.3 is 24.8 Å². The van der Waals surface area contributed by atoms with Gasteiger partial charge in [-0.25, -0.2) is 4.79 Å². The third kappa shape index (κ3) is 7.87. The second kappa shape index (κ2) is 15.5. The number of amides is 1. The van der Waals surface area contributed by atoms with Gasteiger partial charge in [0.1, 0.15) is 28.0 Å². The largest absolute Gasteiger partial charge is 0.444 e. The quantitative estimate of drug-likeness (QED) is 0.212. The number of pyridine rings is 2. The number of nitrogens with zero attached hydrogens (tertiary/aromatic N) is 9. The molecule has 2 aromatic carbocycles. The summed E-state index contributed by atoms with van der Waals surface area (Å²) < 4.78 is 5.53. The molecule has 272 valence electrons. The van der Waals surface area contributed by atoms with Crippen molar-refractivity contribution in [2.75, 3.05) is 49.1 Å². The van der Waals surface area contributed by atoms with Crippen LogP contribution >= 0.6 is 0 Å². The summed E-state index contributed by atoms with van der Waals surface area (Å²) in [4.78, 5) is 27.9. The number of aromatic nitrogens is 6. The Morgan fingerprint density at radius 3 is 1.70 bits per heavy atom. The lowest BCUT2D eigenvalue weighted by atomic mass is 10.1. The van der Waals surface area contributed by atoms with E-state index < -0.39 is 5.60 Å². The number of ether oxygens (including phenoxy) is 1. The molecular weight excluding hydrogens is 665 g/mol. The van der Waals surface area contributed by atoms with Gasteiger partial charge in [0.05, 0.1) is 0 Å². The number of benzene rings is 2. The Hall–Kier alpha value is -5.75. The van der Waals surface area contributed by atoms with E-state index in [4.69, 9.17) is 4.74 Å². The van der Waals surface area contributed by atoms with Crippen molar-refractivity contribution in [1.29, 1.82) is 0 Å². The summed E-state index contributed by atoms with van der Waals surface area (Å²) >= 11 is 0. The highest BCUT2D eigenvalue weighted by Crippen LogP contribution is 2.33. The van der Waals surface area contributed by atoms with E-state index in [0.29, 0.717) is 25.7 Å². The first-order valence-electron chi connectivity index (χ1n) is 18.2. The number of hydrogen-bond donors (Lipinski definition) is 1. The number of rotatable bonds is 4. The molecular formula is C41H46N10O2. The van der Waals surface area contributed by atoms with Crippen LogP contribution in [-0.2, 0) is 4.74 Å². The molecule has 53 heavy (non-hydrogen) atoms. The third-order valence-electron chi connectivity index (χ3n) is 9.46. The van der Waals surface area contributed by atoms with Crippen LogP contribution in [-0.4, -0.2) is 98.3 Å². The summed E-state index contributed by atoms with van der Waals surface area (Å²) in [6.07, 6.45) is 3.33. The van der Waals surface area contributed by atoms with Gasteiger partial charge in [0.15, 0.2) is 11.6 Å². The summed E-state index contributed by atoms with van der Waals surface area (Å²) in [5, 5.41) is 23.6. The van der Waals surface area contributed by atoms with Gasteiger partial charge >= 0.3 is 6.09 Å². The average Bonchev–Trinajstić information content (AvgIpc) is 3.18. The van der Waals surface area contributed by atoms with E-state index in [0.717, 1.165) is 75.6 Å². The van der Waals surface area contributed by atoms with Crippen molar-refractivity contribution < 1.29 is 9.53 Å². The molecule has 4 aromatic heterocycles. The molecule has 2 atom stereocenters. The minimum atomic E-state index is -0.504. The minimum Gasteiger partial charge on any atom is -0.444 e. The van der Waals surface area contributed by atoms with Crippen LogP contribution in [0.3, 0.4) is 0 Å². The summed E-state index contributed by atoms with van der Waals surface area (Å²) in [5.74, 6) is 1.64. The van der Waals surface area contributed by atoms with E-state index in [1.165, 1.54) is 0 Å². The monoisotopic (exact) mass is 710 g/mol. The second-order valence-electron chi connectivity index (χ2n) is 14.5. The van der Waals surface area contributed by atoms with Gasteiger partial charge in [-0.05, 0) is 58.9 Å². The molecule has 2 fully saturated rings. The first-order valence-corrected chi connectivity index (χ1v) is 18.2. The van der Waals surface area contributed by atoms with Crippen LogP contribution in [0.15, 0.2) is 97.3 Å². The van der Waals surface area contributed by atoms with Crippen molar-refractivity contribution in [3.8, 4) is 22.5 Å². The molecule has 0 spiro atoms. The summed E-state index contributed by atoms with van der Waals surface area (Å²) in [7, 11) is 0. The van der Waals surface area contributed by atoms with E-state index in [1.807, 2.05) is 93.7 Å². The Bertz CT molecular complexity index is 2180. The maximum Gasteiger partial charge on any atom is 0.410 e. The number of fused-ring (bicyclic) bond motifs is 2. The van der Waals surface area contributed by atoms with Crippen LogP contribution in [0.25, 0.3) is 44.3 Å². The molecule has 0 saturated carbocycles. The summed E-state index contributed by atoms with van der Waals surface area (Å²) in [5.41, 5.74) is 5.04. The van der Waals surface area contributed by atoms with E-state index in [-0.39, 0.29) is 12.1 Å². The van der Waals surface area contributed by atoms with Gasteiger partial charge in [0.25, 0.3) is 0 Å². The molecule has 0 unspecified atom stereocenters. The summed E-state index contributed by atoms with van der Waals surface area (Å²) in [6.45, 7) is 14.5. The molecule has 2 saturated heterocycles. The van der Waals surface area contributed by atoms with Crippen LogP contribution in [0.4, 0.5) is 16.4 Å². The first kappa shape index (κ1) is 35.6. The minimum absolute atomic E-state index is 0.0633. The van der Waals surface area contributed by atoms with Gasteiger partial charge in [0, 0.05) is 85.6 Å². The number of hydrogen-bond acceptors (Lipinski definition) is 11. The van der Waals surface area contributed by atoms with Crippen molar-refractivity contribution in [2.24, 2.45) is 0 Å². The Morgan fingerprint density at radius 1 is 0.679 bits per heavy atom. The molecule has 6 aromatic rings. The predicted molar refractivity (Wildman–Crippen MR) is 210 cm³/mol. The van der Waals surface area contributed by atoms with Crippen LogP contribution in [0.1, 0.15) is 34.6 Å². The van der Waals surface area contributed by atoms with E-state index in [9.17, 15) is 4.79 Å². The van der Waals surface area contributed by atoms with E-state index in [1.54, 1.807) is 11.1 Å². The van der Waals surface area contributed by atoms with Gasteiger partial charge in [0.2, 0.25) is 0 Å². The second-order valence-corrected chi connectivity index (χ2v) is 14.5. The van der Waals surface area contributed by atoms with Crippen molar-refractivity contribution >= 4 is 39.5 Å². The molecule has 2 aliphatic rings. The highest BCUT2D eigenvalue weighted by atomic mass is 16.6. The molecule has 8 rings (SSSR count). The smallest absolute Gasteiger partial charge is 0.410 e. The van der Waals surface area contributed by atoms with Gasteiger partial charge in [-0.3, -0.25) is 9.97 Å². The van der Waals surface area contributed by atoms with Crippen LogP contribution in [0.2, 0.25) is 0 Å². The third-order valence-corrected chi connectivity index (χ3v) is 9.46. The molecule has 0 radical (unpaired) electrons. The number of carbonyl (C=O) groups excluding carboxylic acids is 1. The molecule has 0 bridgehead atoms. The lowest BCUT2D eigenvalue weighted by molar-refractivity contribution is 0.0218. The van der Waals surface area contributed by atoms with Crippen molar-refractivity contribution in [3.05, 3.63) is 97.3 Å². The van der Waals surface area contributed by atoms with Crippen molar-refractivity contribution in [3.63, 3.8) is 0 Å². The molecule has 0 aliphatic carbocycles. The Labute approximate surface area is 310 Å². The van der Waals surface area contributed by atoms with E-state index >= 15 is 0 Å². The normalized spacial score (nSPS) is 17.7. The van der Waals surface area contributed by atoms with Gasteiger partial charge in [-0.1, -0.05) is 60.7 Å². The number of piperazine rings is 2. The Kier molecular flexibility index (Phi) is 10.4. The molecule has 2 aliphatic heterocycles. The zero-order chi connectivity index (χ0) is 37.0. The van der Waals surface area contributed by atoms with Crippen molar-refractivity contribution in [2.45, 2.75) is 52.3 Å². The molecule has 1 amide bonds. The zero-order valence-corrected chi connectivity index (χ0v) is 31.0. The number of anilines is 2. The topological polar surface area (TPSA) is 125 Å². The number of nitrogens with one attached hydrogen (secondary N) is 1. The highest BCUT2D eigenvalue weighted by Gasteiger charge is 2.32. The van der Waals surface area contributed by atoms with Gasteiger partial charge in [-0.15, -0.1) is 20.4 Å². The summed E-state index contributed by atoms with van der Waals surface area (Å²) in [6, 6.07) is 28.6. The van der Waals surface area contributed by atoms with Gasteiger partial charge in [-0.2, -0.15) is 0 Å². The molecule has 12 nitrogen and oxygen atoms in total. The molecule has 1 N–H and O–H groups in total. The fourth-order valence-corrected chi connectivity index (χ4v) is 6.87. The Morgan fingerprint density at radius 2 is 1.21 bits per heavy atom. The van der Waals surface area contributed by atoms with Crippen LogP contribution in [0.5, 0.6) is 0 Å². The van der Waals surface area contributed by atoms with Crippen molar-refractivity contribution in [1.82, 2.24) is 40.6 Å². The molecule has 12 heteroatoms. The van der Waals surface area contributed by atoms with Crippen LogP contribution in [0, 0.1) is 0 Å². The van der Waals surface area contributed by atoms with Crippen LogP contribution < -0.4 is 15.1 Å². The number of carbonyl (C=O) groups is 1. The predicted octanol–water partition coefficient (Wildman–Crippen LogP) is 6.63. The fourth-order valence-electron chi connectivity index (χ4n) is 6.87. The standard InChI is InChI=1S/C23H27N5O2.C18H19N5/c1-16-15-27(22(29)30-23(2,3)4)13-14-28(16)21-20-18(11-8-12-24-20)19(25-26-21)17-9-6-5-7-10-17;1-13-12-19-10-11-23(13)18-17-15(8-5-9-20-17)16(21-22-18)14-6-3-2-4-7-14/h5-12,16H,13-15H2,1-4H3;2-9,13,19H,10-12H2,1H3/t16-;13-/m11/s1. The maximum absolute atomic E-state index is 12.5. The fraction of sp³-hybridized carbons (Fsp3) is 0.341. The SMILES string of the molecule is C[C@@H]1CN(C(=O)OC(C)(C)C)CCN1c1nnc(-c2ccccc2)c2cccnc12.C[C@@H]1CNCCN1c1nnc(-c2ccccc2)c2cccnc12. The Balaban J connectivity index is 0.000000170. The first-order chi connectivity index (χ1) is 25.7. The lowest BCUT2D eigenvalue weighted by Gasteiger charge is -2.40.